The van der Waals surface area contributed by atoms with Crippen molar-refractivity contribution >= 4 is 21.4 Å². The lowest BCUT2D eigenvalue weighted by Crippen LogP contribution is -2.30. The molecule has 0 saturated carbocycles. The number of nitrogens with zero attached hydrogens (tertiary/aromatic N) is 1. The van der Waals surface area contributed by atoms with Crippen LogP contribution >= 0.6 is 0 Å². The second kappa shape index (κ2) is 5.13. The molecule has 1 fully saturated rings. The first-order valence-corrected chi connectivity index (χ1v) is 7.26. The average Bonchev–Trinajstić information content (AvgIpc) is 2.39. The van der Waals surface area contributed by atoms with E-state index in [-0.39, 0.29) is 10.6 Å². The molecule has 0 aliphatic carbocycles. The lowest BCUT2D eigenvalue weighted by atomic mass is 10.2. The molecule has 1 aliphatic rings. The van der Waals surface area contributed by atoms with Crippen LogP contribution in [-0.4, -0.2) is 28.6 Å². The molecule has 0 amide bonds. The zero-order valence-electron chi connectivity index (χ0n) is 10.2. The highest BCUT2D eigenvalue weighted by Crippen LogP contribution is 2.26. The van der Waals surface area contributed by atoms with Crippen LogP contribution < -0.4 is 15.5 Å². The van der Waals surface area contributed by atoms with Crippen molar-refractivity contribution in [3.8, 4) is 0 Å². The summed E-state index contributed by atoms with van der Waals surface area (Å²) in [5, 5.41) is 1.75. The first-order chi connectivity index (χ1) is 8.54. The summed E-state index contributed by atoms with van der Waals surface area (Å²) >= 11 is 0. The van der Waals surface area contributed by atoms with Crippen molar-refractivity contribution in [2.75, 3.05) is 31.0 Å². The number of nitrogens with two attached hydrogens (primary N) is 1. The van der Waals surface area contributed by atoms with Gasteiger partial charge in [0.2, 0.25) is 10.0 Å². The summed E-state index contributed by atoms with van der Waals surface area (Å²) in [4.78, 5) is 5.57. The topological polar surface area (TPSA) is 84.7 Å². The molecular weight excluding hydrogens is 254 g/mol. The van der Waals surface area contributed by atoms with Crippen LogP contribution in [0.2, 0.25) is 0 Å². The number of nitrogens with one attached hydrogen (secondary N) is 1. The van der Waals surface area contributed by atoms with Gasteiger partial charge in [-0.1, -0.05) is 0 Å². The molecule has 2 rings (SSSR count). The molecule has 0 spiro atoms. The molecule has 100 valence electrons. The quantitative estimate of drug-likeness (QED) is 0.791. The van der Waals surface area contributed by atoms with Gasteiger partial charge in [0.05, 0.1) is 18.0 Å². The Kier molecular flexibility index (Phi) is 3.74. The van der Waals surface area contributed by atoms with Crippen molar-refractivity contribution in [3.05, 3.63) is 18.2 Å². The fraction of sp³-hybridized carbons (Fsp3) is 0.455. The van der Waals surface area contributed by atoms with Crippen LogP contribution in [0.15, 0.2) is 23.1 Å². The van der Waals surface area contributed by atoms with Crippen molar-refractivity contribution in [1.82, 2.24) is 4.72 Å². The Labute approximate surface area is 107 Å². The number of rotatable bonds is 3. The minimum atomic E-state index is -3.51. The Bertz CT molecular complexity index is 524. The lowest BCUT2D eigenvalue weighted by molar-refractivity contribution is 0.0778. The number of anilines is 2. The molecule has 0 atom stereocenters. The highest BCUT2D eigenvalue weighted by atomic mass is 32.2. The van der Waals surface area contributed by atoms with Crippen LogP contribution in [-0.2, 0) is 14.9 Å². The fourth-order valence-electron chi connectivity index (χ4n) is 1.85. The summed E-state index contributed by atoms with van der Waals surface area (Å²) in [7, 11) is -2.15. The summed E-state index contributed by atoms with van der Waals surface area (Å²) < 4.78 is 25.6. The minimum absolute atomic E-state index is 0.0887. The number of nitrogen functional groups attached to an aromatic ring is 1. The van der Waals surface area contributed by atoms with Crippen molar-refractivity contribution in [2.45, 2.75) is 17.7 Å². The Morgan fingerprint density at radius 3 is 2.72 bits per heavy atom. The first-order valence-electron chi connectivity index (χ1n) is 5.78. The van der Waals surface area contributed by atoms with E-state index in [1.165, 1.54) is 13.1 Å². The van der Waals surface area contributed by atoms with Gasteiger partial charge in [-0.3, -0.25) is 9.90 Å². The Balaban J connectivity index is 2.30. The standard InChI is InChI=1S/C11H17N3O3S/c1-13-18(15,16)11-5-4-9(8-10(11)12)14-6-2-3-7-17-14/h4-5,8,13H,2-3,6-7,12H2,1H3. The SMILES string of the molecule is CNS(=O)(=O)c1ccc(N2CCCCO2)cc1N. The summed E-state index contributed by atoms with van der Waals surface area (Å²) in [6, 6.07) is 4.82. The van der Waals surface area contributed by atoms with Gasteiger partial charge >= 0.3 is 0 Å². The molecule has 1 heterocycles. The van der Waals surface area contributed by atoms with Crippen LogP contribution in [0.5, 0.6) is 0 Å². The van der Waals surface area contributed by atoms with Crippen LogP contribution in [0.1, 0.15) is 12.8 Å². The predicted molar refractivity (Wildman–Crippen MR) is 69.6 cm³/mol. The molecule has 1 aromatic rings. The van der Waals surface area contributed by atoms with E-state index >= 15 is 0 Å². The molecule has 0 aromatic heterocycles. The Morgan fingerprint density at radius 1 is 1.39 bits per heavy atom. The van der Waals surface area contributed by atoms with Gasteiger partial charge in [0.25, 0.3) is 0 Å². The van der Waals surface area contributed by atoms with Crippen molar-refractivity contribution < 1.29 is 13.3 Å². The van der Waals surface area contributed by atoms with Gasteiger partial charge in [-0.05, 0) is 38.1 Å². The zero-order valence-corrected chi connectivity index (χ0v) is 11.0. The maximum atomic E-state index is 11.7. The van der Waals surface area contributed by atoms with Gasteiger partial charge < -0.3 is 5.73 Å². The van der Waals surface area contributed by atoms with Crippen LogP contribution in [0.4, 0.5) is 11.4 Å². The molecule has 0 radical (unpaired) electrons. The molecule has 1 aromatic carbocycles. The van der Waals surface area contributed by atoms with Gasteiger partial charge in [-0.15, -0.1) is 0 Å². The van der Waals surface area contributed by atoms with Gasteiger partial charge in [-0.25, -0.2) is 13.1 Å². The third kappa shape index (κ3) is 2.58. The lowest BCUT2D eigenvalue weighted by Gasteiger charge is -2.28. The van der Waals surface area contributed by atoms with E-state index in [9.17, 15) is 8.42 Å². The normalized spacial score (nSPS) is 16.8. The third-order valence-corrected chi connectivity index (χ3v) is 4.33. The monoisotopic (exact) mass is 271 g/mol. The van der Waals surface area contributed by atoms with Crippen LogP contribution in [0.25, 0.3) is 0 Å². The molecule has 1 aliphatic heterocycles. The van der Waals surface area contributed by atoms with E-state index in [1.54, 1.807) is 17.2 Å². The summed E-state index contributed by atoms with van der Waals surface area (Å²) in [6.45, 7) is 1.47. The number of hydrogen-bond donors (Lipinski definition) is 2. The van der Waals surface area contributed by atoms with E-state index in [2.05, 4.69) is 4.72 Å². The molecule has 0 bridgehead atoms. The maximum absolute atomic E-state index is 11.7. The maximum Gasteiger partial charge on any atom is 0.242 e. The molecular formula is C11H17N3O3S. The van der Waals surface area contributed by atoms with E-state index in [4.69, 9.17) is 10.6 Å². The fourth-order valence-corrected chi connectivity index (χ4v) is 2.68. The number of benzene rings is 1. The van der Waals surface area contributed by atoms with E-state index in [1.807, 2.05) is 0 Å². The van der Waals surface area contributed by atoms with E-state index < -0.39 is 10.0 Å². The van der Waals surface area contributed by atoms with Gasteiger partial charge in [-0.2, -0.15) is 0 Å². The second-order valence-corrected chi connectivity index (χ2v) is 5.93. The second-order valence-electron chi connectivity index (χ2n) is 4.07. The Hall–Kier alpha value is -1.31. The highest BCUT2D eigenvalue weighted by Gasteiger charge is 2.18. The van der Waals surface area contributed by atoms with Crippen LogP contribution in [0.3, 0.4) is 0 Å². The number of hydroxylamine groups is 1. The number of sulfonamides is 1. The number of hydrogen-bond acceptors (Lipinski definition) is 5. The molecule has 3 N–H and O–H groups in total. The van der Waals surface area contributed by atoms with Crippen molar-refractivity contribution in [2.24, 2.45) is 0 Å². The average molecular weight is 271 g/mol. The van der Waals surface area contributed by atoms with Crippen molar-refractivity contribution in [1.29, 1.82) is 0 Å². The first kappa shape index (κ1) is 13.1. The van der Waals surface area contributed by atoms with Gasteiger partial charge in [0.15, 0.2) is 0 Å². The molecule has 18 heavy (non-hydrogen) atoms. The van der Waals surface area contributed by atoms with E-state index in [0.717, 1.165) is 25.1 Å². The summed E-state index contributed by atoms with van der Waals surface area (Å²) in [6.07, 6.45) is 2.09. The summed E-state index contributed by atoms with van der Waals surface area (Å²) in [5.41, 5.74) is 6.79. The van der Waals surface area contributed by atoms with Gasteiger partial charge in [0.1, 0.15) is 4.90 Å². The highest BCUT2D eigenvalue weighted by molar-refractivity contribution is 7.89. The van der Waals surface area contributed by atoms with Gasteiger partial charge in [0, 0.05) is 6.54 Å². The van der Waals surface area contributed by atoms with E-state index in [0.29, 0.717) is 6.61 Å². The molecule has 0 unspecified atom stereocenters. The molecule has 6 nitrogen and oxygen atoms in total. The smallest absolute Gasteiger partial charge is 0.242 e. The zero-order chi connectivity index (χ0) is 13.2. The molecule has 7 heteroatoms. The largest absolute Gasteiger partial charge is 0.398 e. The minimum Gasteiger partial charge on any atom is -0.398 e. The third-order valence-electron chi connectivity index (χ3n) is 2.84. The predicted octanol–water partition coefficient (Wildman–Crippen LogP) is 0.709. The van der Waals surface area contributed by atoms with Crippen molar-refractivity contribution in [3.63, 3.8) is 0 Å². The Morgan fingerprint density at radius 2 is 2.17 bits per heavy atom. The molecule has 1 saturated heterocycles. The summed E-state index contributed by atoms with van der Waals surface area (Å²) in [5.74, 6) is 0. The van der Waals surface area contributed by atoms with Crippen LogP contribution in [0, 0.1) is 0 Å².